The van der Waals surface area contributed by atoms with Gasteiger partial charge in [-0.3, -0.25) is 9.59 Å². The average Bonchev–Trinajstić information content (AvgIpc) is 2.57. The van der Waals surface area contributed by atoms with Crippen LogP contribution in [-0.4, -0.2) is 15.7 Å². The van der Waals surface area contributed by atoms with Gasteiger partial charge in [-0.25, -0.2) is 13.5 Å². The van der Waals surface area contributed by atoms with Gasteiger partial charge in [0.1, 0.15) is 11.6 Å². The Kier molecular flexibility index (Phi) is 4.31. The predicted octanol–water partition coefficient (Wildman–Crippen LogP) is 2.70. The van der Waals surface area contributed by atoms with Crippen LogP contribution in [0.25, 0.3) is 10.8 Å². The standard InChI is InChI=1S/C18H15F2N3O2/c1-10(12-8-7-11(19)9-15(12)20)21-17(24)16-13-5-3-4-6-14(13)18(25)23(2)22-16/h3-10H,1-2H3,(H,21,24)/t10-/m0/s1. The van der Waals surface area contributed by atoms with Gasteiger partial charge in [0.15, 0.2) is 5.69 Å². The zero-order valence-corrected chi connectivity index (χ0v) is 13.6. The van der Waals surface area contributed by atoms with E-state index in [4.69, 9.17) is 0 Å². The molecule has 2 aromatic carbocycles. The highest BCUT2D eigenvalue weighted by Gasteiger charge is 2.19. The van der Waals surface area contributed by atoms with Crippen molar-refractivity contribution in [3.63, 3.8) is 0 Å². The Hall–Kier alpha value is -3.09. The molecule has 0 fully saturated rings. The minimum absolute atomic E-state index is 0.0621. The lowest BCUT2D eigenvalue weighted by atomic mass is 10.1. The topological polar surface area (TPSA) is 64.0 Å². The lowest BCUT2D eigenvalue weighted by Gasteiger charge is -2.16. The van der Waals surface area contributed by atoms with Gasteiger partial charge in [-0.15, -0.1) is 0 Å². The summed E-state index contributed by atoms with van der Waals surface area (Å²) in [7, 11) is 1.45. The van der Waals surface area contributed by atoms with Gasteiger partial charge in [-0.1, -0.05) is 24.3 Å². The molecule has 1 N–H and O–H groups in total. The number of hydrogen-bond acceptors (Lipinski definition) is 3. The van der Waals surface area contributed by atoms with Crippen molar-refractivity contribution in [3.8, 4) is 0 Å². The number of nitrogens with zero attached hydrogens (tertiary/aromatic N) is 2. The summed E-state index contributed by atoms with van der Waals surface area (Å²) >= 11 is 0. The number of fused-ring (bicyclic) bond motifs is 1. The van der Waals surface area contributed by atoms with Crippen LogP contribution in [0.2, 0.25) is 0 Å². The van der Waals surface area contributed by atoms with E-state index in [2.05, 4.69) is 10.4 Å². The van der Waals surface area contributed by atoms with Crippen molar-refractivity contribution in [2.24, 2.45) is 7.05 Å². The molecule has 0 spiro atoms. The predicted molar refractivity (Wildman–Crippen MR) is 89.2 cm³/mol. The van der Waals surface area contributed by atoms with E-state index in [9.17, 15) is 18.4 Å². The first-order valence-electron chi connectivity index (χ1n) is 7.60. The summed E-state index contributed by atoms with van der Waals surface area (Å²) in [5.41, 5.74) is -0.0966. The van der Waals surface area contributed by atoms with Crippen molar-refractivity contribution in [1.82, 2.24) is 15.1 Å². The van der Waals surface area contributed by atoms with E-state index in [1.165, 1.54) is 13.1 Å². The fourth-order valence-corrected chi connectivity index (χ4v) is 2.66. The molecule has 128 valence electrons. The van der Waals surface area contributed by atoms with Crippen molar-refractivity contribution in [1.29, 1.82) is 0 Å². The van der Waals surface area contributed by atoms with E-state index in [1.54, 1.807) is 31.2 Å². The Morgan fingerprint density at radius 1 is 1.16 bits per heavy atom. The molecule has 1 atom stereocenters. The Morgan fingerprint density at radius 2 is 1.84 bits per heavy atom. The Bertz CT molecular complexity index is 1030. The van der Waals surface area contributed by atoms with Crippen molar-refractivity contribution in [2.75, 3.05) is 0 Å². The number of carbonyl (C=O) groups is 1. The number of rotatable bonds is 3. The smallest absolute Gasteiger partial charge is 0.274 e. The summed E-state index contributed by atoms with van der Waals surface area (Å²) in [6.07, 6.45) is 0. The highest BCUT2D eigenvalue weighted by molar-refractivity contribution is 6.04. The molecule has 1 amide bonds. The van der Waals surface area contributed by atoms with Gasteiger partial charge in [-0.05, 0) is 19.1 Å². The fraction of sp³-hybridized carbons (Fsp3) is 0.167. The Labute approximate surface area is 141 Å². The first kappa shape index (κ1) is 16.8. The number of amides is 1. The molecule has 25 heavy (non-hydrogen) atoms. The molecule has 1 aromatic heterocycles. The average molecular weight is 343 g/mol. The summed E-state index contributed by atoms with van der Waals surface area (Å²) in [6.45, 7) is 1.58. The largest absolute Gasteiger partial charge is 0.344 e. The molecule has 7 heteroatoms. The summed E-state index contributed by atoms with van der Waals surface area (Å²) in [6, 6.07) is 9.10. The minimum Gasteiger partial charge on any atom is -0.344 e. The van der Waals surface area contributed by atoms with Crippen molar-refractivity contribution < 1.29 is 13.6 Å². The third-order valence-corrected chi connectivity index (χ3v) is 3.95. The lowest BCUT2D eigenvalue weighted by molar-refractivity contribution is 0.0934. The number of carbonyl (C=O) groups excluding carboxylic acids is 1. The van der Waals surface area contributed by atoms with Gasteiger partial charge in [0.2, 0.25) is 0 Å². The number of nitrogens with one attached hydrogen (secondary N) is 1. The van der Waals surface area contributed by atoms with E-state index in [0.29, 0.717) is 10.8 Å². The molecule has 0 bridgehead atoms. The van der Waals surface area contributed by atoms with E-state index >= 15 is 0 Å². The molecule has 0 unspecified atom stereocenters. The van der Waals surface area contributed by atoms with Crippen LogP contribution < -0.4 is 10.9 Å². The molecule has 0 saturated carbocycles. The molecule has 3 rings (SSSR count). The van der Waals surface area contributed by atoms with E-state index in [-0.39, 0.29) is 16.8 Å². The summed E-state index contributed by atoms with van der Waals surface area (Å²) in [4.78, 5) is 24.7. The number of aromatic nitrogens is 2. The van der Waals surface area contributed by atoms with Crippen LogP contribution in [0.3, 0.4) is 0 Å². The first-order valence-corrected chi connectivity index (χ1v) is 7.60. The van der Waals surface area contributed by atoms with Gasteiger partial charge < -0.3 is 5.32 Å². The number of halogens is 2. The fourth-order valence-electron chi connectivity index (χ4n) is 2.66. The summed E-state index contributed by atoms with van der Waals surface area (Å²) in [5.74, 6) is -1.99. The lowest BCUT2D eigenvalue weighted by Crippen LogP contribution is -2.31. The third-order valence-electron chi connectivity index (χ3n) is 3.95. The molecule has 0 saturated heterocycles. The summed E-state index contributed by atoms with van der Waals surface area (Å²) in [5, 5.41) is 7.43. The number of hydrogen-bond donors (Lipinski definition) is 1. The van der Waals surface area contributed by atoms with Crippen LogP contribution in [0.1, 0.15) is 29.0 Å². The molecule has 1 heterocycles. The highest BCUT2D eigenvalue weighted by atomic mass is 19.1. The molecular weight excluding hydrogens is 328 g/mol. The molecule has 0 aliphatic rings. The maximum Gasteiger partial charge on any atom is 0.274 e. The zero-order chi connectivity index (χ0) is 18.1. The van der Waals surface area contributed by atoms with Gasteiger partial charge in [0.25, 0.3) is 11.5 Å². The van der Waals surface area contributed by atoms with E-state index in [1.807, 2.05) is 0 Å². The van der Waals surface area contributed by atoms with Crippen molar-refractivity contribution >= 4 is 16.7 Å². The van der Waals surface area contributed by atoms with Gasteiger partial charge in [0, 0.05) is 24.1 Å². The van der Waals surface area contributed by atoms with Crippen LogP contribution in [0.4, 0.5) is 8.78 Å². The van der Waals surface area contributed by atoms with Gasteiger partial charge >= 0.3 is 0 Å². The molecule has 0 aliphatic carbocycles. The van der Waals surface area contributed by atoms with Gasteiger partial charge in [-0.2, -0.15) is 5.10 Å². The van der Waals surface area contributed by atoms with Crippen molar-refractivity contribution in [3.05, 3.63) is 75.7 Å². The molecule has 3 aromatic rings. The van der Waals surface area contributed by atoms with Gasteiger partial charge in [0.05, 0.1) is 11.4 Å². The van der Waals surface area contributed by atoms with Crippen LogP contribution >= 0.6 is 0 Å². The molecule has 5 nitrogen and oxygen atoms in total. The molecule has 0 radical (unpaired) electrons. The van der Waals surface area contributed by atoms with E-state index in [0.717, 1.165) is 16.8 Å². The second-order valence-corrected chi connectivity index (χ2v) is 5.68. The maximum atomic E-state index is 13.9. The zero-order valence-electron chi connectivity index (χ0n) is 13.6. The van der Waals surface area contributed by atoms with Crippen LogP contribution in [0.5, 0.6) is 0 Å². The van der Waals surface area contributed by atoms with E-state index < -0.39 is 23.6 Å². The van der Waals surface area contributed by atoms with Crippen LogP contribution in [0, 0.1) is 11.6 Å². The second-order valence-electron chi connectivity index (χ2n) is 5.68. The Balaban J connectivity index is 1.98. The highest BCUT2D eigenvalue weighted by Crippen LogP contribution is 2.19. The monoisotopic (exact) mass is 343 g/mol. The van der Waals surface area contributed by atoms with Crippen LogP contribution in [0.15, 0.2) is 47.3 Å². The Morgan fingerprint density at radius 3 is 2.52 bits per heavy atom. The second kappa shape index (κ2) is 6.43. The number of benzene rings is 2. The maximum absolute atomic E-state index is 13.9. The SMILES string of the molecule is C[C@H](NC(=O)c1nn(C)c(=O)c2ccccc12)c1ccc(F)cc1F. The minimum atomic E-state index is -0.744. The first-order chi connectivity index (χ1) is 11.9. The number of aryl methyl sites for hydroxylation is 1. The third kappa shape index (κ3) is 3.13. The molecule has 0 aliphatic heterocycles. The van der Waals surface area contributed by atoms with Crippen LogP contribution in [-0.2, 0) is 7.05 Å². The quantitative estimate of drug-likeness (QED) is 0.795. The molecular formula is C18H15F2N3O2. The summed E-state index contributed by atoms with van der Waals surface area (Å²) < 4.78 is 28.0. The van der Waals surface area contributed by atoms with Crippen molar-refractivity contribution in [2.45, 2.75) is 13.0 Å². The normalized spacial score (nSPS) is 12.2.